The van der Waals surface area contributed by atoms with E-state index in [0.717, 1.165) is 45.3 Å². The molecule has 0 aromatic rings. The molecular formula is C13H20O3. The Balaban J connectivity index is 1.70. The van der Waals surface area contributed by atoms with Crippen LogP contribution in [0, 0.1) is 11.3 Å². The van der Waals surface area contributed by atoms with Gasteiger partial charge in [-0.25, -0.2) is 0 Å². The quantitative estimate of drug-likeness (QED) is 0.719. The van der Waals surface area contributed by atoms with E-state index >= 15 is 0 Å². The van der Waals surface area contributed by atoms with Crippen LogP contribution in [0.2, 0.25) is 0 Å². The average molecular weight is 224 g/mol. The summed E-state index contributed by atoms with van der Waals surface area (Å²) in [4.78, 5) is 12.3. The predicted octanol–water partition coefficient (Wildman–Crippen LogP) is 1.94. The Morgan fingerprint density at radius 1 is 1.25 bits per heavy atom. The molecule has 3 nitrogen and oxygen atoms in total. The SMILES string of the molecule is CC1(C(=O)C2CCOC3(CCOC3)C2)CC1. The highest BCUT2D eigenvalue weighted by Crippen LogP contribution is 2.50. The molecule has 0 bridgehead atoms. The Morgan fingerprint density at radius 3 is 2.69 bits per heavy atom. The Bertz CT molecular complexity index is 300. The van der Waals surface area contributed by atoms with Gasteiger partial charge in [0.05, 0.1) is 12.2 Å². The molecule has 2 unspecified atom stereocenters. The fourth-order valence-corrected chi connectivity index (χ4v) is 3.04. The first-order valence-corrected chi connectivity index (χ1v) is 6.40. The molecule has 3 rings (SSSR count). The molecule has 3 fully saturated rings. The van der Waals surface area contributed by atoms with E-state index in [1.165, 1.54) is 0 Å². The van der Waals surface area contributed by atoms with Crippen molar-refractivity contribution in [3.63, 3.8) is 0 Å². The monoisotopic (exact) mass is 224 g/mol. The molecule has 2 atom stereocenters. The third-order valence-corrected chi connectivity index (χ3v) is 4.53. The van der Waals surface area contributed by atoms with E-state index in [1.54, 1.807) is 0 Å². The van der Waals surface area contributed by atoms with Crippen LogP contribution in [0.3, 0.4) is 0 Å². The molecule has 3 aliphatic rings. The minimum Gasteiger partial charge on any atom is -0.378 e. The molecule has 0 amide bonds. The zero-order chi connectivity index (χ0) is 11.2. The Labute approximate surface area is 96.5 Å². The number of hydrogen-bond acceptors (Lipinski definition) is 3. The molecular weight excluding hydrogens is 204 g/mol. The molecule has 1 aliphatic carbocycles. The highest BCUT2D eigenvalue weighted by atomic mass is 16.6. The summed E-state index contributed by atoms with van der Waals surface area (Å²) in [6, 6.07) is 0. The van der Waals surface area contributed by atoms with Crippen LogP contribution in [0.1, 0.15) is 39.0 Å². The Hall–Kier alpha value is -0.410. The molecule has 1 saturated carbocycles. The summed E-state index contributed by atoms with van der Waals surface area (Å²) >= 11 is 0. The van der Waals surface area contributed by atoms with Crippen molar-refractivity contribution in [3.05, 3.63) is 0 Å². The van der Waals surface area contributed by atoms with Crippen LogP contribution in [-0.4, -0.2) is 31.2 Å². The van der Waals surface area contributed by atoms with Gasteiger partial charge in [-0.3, -0.25) is 4.79 Å². The van der Waals surface area contributed by atoms with Gasteiger partial charge in [-0.1, -0.05) is 6.92 Å². The first-order valence-electron chi connectivity index (χ1n) is 6.40. The van der Waals surface area contributed by atoms with Crippen molar-refractivity contribution < 1.29 is 14.3 Å². The van der Waals surface area contributed by atoms with Gasteiger partial charge in [0.1, 0.15) is 5.78 Å². The molecule has 16 heavy (non-hydrogen) atoms. The van der Waals surface area contributed by atoms with Gasteiger partial charge in [-0.05, 0) is 25.7 Å². The normalized spacial score (nSPS) is 41.2. The lowest BCUT2D eigenvalue weighted by Gasteiger charge is -2.37. The molecule has 2 aliphatic heterocycles. The topological polar surface area (TPSA) is 35.5 Å². The van der Waals surface area contributed by atoms with E-state index in [0.29, 0.717) is 12.4 Å². The number of ketones is 1. The molecule has 0 radical (unpaired) electrons. The second-order valence-electron chi connectivity index (χ2n) is 5.95. The first kappa shape index (κ1) is 10.7. The van der Waals surface area contributed by atoms with Crippen molar-refractivity contribution in [1.82, 2.24) is 0 Å². The Morgan fingerprint density at radius 2 is 2.06 bits per heavy atom. The molecule has 90 valence electrons. The van der Waals surface area contributed by atoms with Gasteiger partial charge in [0.25, 0.3) is 0 Å². The van der Waals surface area contributed by atoms with Crippen LogP contribution in [0.5, 0.6) is 0 Å². The molecule has 0 aromatic carbocycles. The van der Waals surface area contributed by atoms with Crippen LogP contribution >= 0.6 is 0 Å². The highest BCUT2D eigenvalue weighted by Gasteiger charge is 2.51. The third kappa shape index (κ3) is 1.70. The molecule has 0 N–H and O–H groups in total. The molecule has 3 heteroatoms. The summed E-state index contributed by atoms with van der Waals surface area (Å²) in [6.07, 6.45) is 4.95. The van der Waals surface area contributed by atoms with Gasteiger partial charge < -0.3 is 9.47 Å². The fraction of sp³-hybridized carbons (Fsp3) is 0.923. The lowest BCUT2D eigenvalue weighted by Crippen LogP contribution is -2.43. The number of Topliss-reactive ketones (excluding diaryl/α,β-unsaturated/α-hetero) is 1. The molecule has 0 aromatic heterocycles. The lowest BCUT2D eigenvalue weighted by atomic mass is 9.79. The summed E-state index contributed by atoms with van der Waals surface area (Å²) in [6.45, 7) is 4.32. The van der Waals surface area contributed by atoms with Crippen LogP contribution in [0.4, 0.5) is 0 Å². The number of carbonyl (C=O) groups excluding carboxylic acids is 1. The van der Waals surface area contributed by atoms with Crippen molar-refractivity contribution in [3.8, 4) is 0 Å². The first-order chi connectivity index (χ1) is 7.64. The second kappa shape index (κ2) is 3.54. The maximum atomic E-state index is 12.3. The van der Waals surface area contributed by atoms with Gasteiger partial charge in [-0.2, -0.15) is 0 Å². The number of rotatable bonds is 2. The number of ether oxygens (including phenoxy) is 2. The standard InChI is InChI=1S/C13H20O3/c1-12(3-4-12)11(14)10-2-6-16-13(8-10)5-7-15-9-13/h10H,2-9H2,1H3. The summed E-state index contributed by atoms with van der Waals surface area (Å²) in [5, 5.41) is 0. The fourth-order valence-electron chi connectivity index (χ4n) is 3.04. The highest BCUT2D eigenvalue weighted by molar-refractivity contribution is 5.89. The van der Waals surface area contributed by atoms with Crippen molar-refractivity contribution in [2.45, 2.75) is 44.6 Å². The molecule has 2 heterocycles. The summed E-state index contributed by atoms with van der Waals surface area (Å²) in [5.74, 6) is 0.713. The van der Waals surface area contributed by atoms with E-state index in [-0.39, 0.29) is 16.9 Å². The smallest absolute Gasteiger partial charge is 0.142 e. The second-order valence-corrected chi connectivity index (χ2v) is 5.95. The van der Waals surface area contributed by atoms with E-state index in [4.69, 9.17) is 9.47 Å². The number of carbonyl (C=O) groups is 1. The summed E-state index contributed by atoms with van der Waals surface area (Å²) < 4.78 is 11.3. The van der Waals surface area contributed by atoms with Gasteiger partial charge >= 0.3 is 0 Å². The van der Waals surface area contributed by atoms with Crippen molar-refractivity contribution >= 4 is 5.78 Å². The largest absolute Gasteiger partial charge is 0.378 e. The van der Waals surface area contributed by atoms with Crippen molar-refractivity contribution in [2.75, 3.05) is 19.8 Å². The van der Waals surface area contributed by atoms with Crippen molar-refractivity contribution in [1.29, 1.82) is 0 Å². The average Bonchev–Trinajstić information content (AvgIpc) is 2.89. The zero-order valence-electron chi connectivity index (χ0n) is 9.96. The van der Waals surface area contributed by atoms with E-state index < -0.39 is 0 Å². The summed E-state index contributed by atoms with van der Waals surface area (Å²) in [7, 11) is 0. The molecule has 1 spiro atoms. The van der Waals surface area contributed by atoms with Crippen molar-refractivity contribution in [2.24, 2.45) is 11.3 Å². The van der Waals surface area contributed by atoms with E-state index in [1.807, 2.05) is 0 Å². The summed E-state index contributed by atoms with van der Waals surface area (Å²) in [5.41, 5.74) is -0.105. The van der Waals surface area contributed by atoms with Gasteiger partial charge in [-0.15, -0.1) is 0 Å². The number of hydrogen-bond donors (Lipinski definition) is 0. The van der Waals surface area contributed by atoms with Crippen LogP contribution in [0.15, 0.2) is 0 Å². The Kier molecular flexibility index (Phi) is 2.37. The minimum atomic E-state index is -0.121. The van der Waals surface area contributed by atoms with E-state index in [9.17, 15) is 4.79 Å². The lowest BCUT2D eigenvalue weighted by molar-refractivity contribution is -0.141. The maximum absolute atomic E-state index is 12.3. The molecule has 2 saturated heterocycles. The van der Waals surface area contributed by atoms with Gasteiger partial charge in [0.15, 0.2) is 0 Å². The van der Waals surface area contributed by atoms with Gasteiger partial charge in [0.2, 0.25) is 0 Å². The zero-order valence-corrected chi connectivity index (χ0v) is 9.96. The van der Waals surface area contributed by atoms with Crippen LogP contribution in [-0.2, 0) is 14.3 Å². The van der Waals surface area contributed by atoms with Crippen LogP contribution in [0.25, 0.3) is 0 Å². The maximum Gasteiger partial charge on any atom is 0.142 e. The predicted molar refractivity (Wildman–Crippen MR) is 59.2 cm³/mol. The third-order valence-electron chi connectivity index (χ3n) is 4.53. The van der Waals surface area contributed by atoms with Gasteiger partial charge in [0, 0.05) is 31.0 Å². The van der Waals surface area contributed by atoms with Crippen LogP contribution < -0.4 is 0 Å². The van der Waals surface area contributed by atoms with E-state index in [2.05, 4.69) is 6.92 Å². The minimum absolute atomic E-state index is 0.0165.